The van der Waals surface area contributed by atoms with Gasteiger partial charge in [0, 0.05) is 22.5 Å². The minimum absolute atomic E-state index is 0.103. The first kappa shape index (κ1) is 27.1. The summed E-state index contributed by atoms with van der Waals surface area (Å²) in [7, 11) is -3.50. The summed E-state index contributed by atoms with van der Waals surface area (Å²) in [6.07, 6.45) is -1.14. The zero-order chi connectivity index (χ0) is 24.8. The van der Waals surface area contributed by atoms with Gasteiger partial charge in [0.2, 0.25) is 0 Å². The van der Waals surface area contributed by atoms with Gasteiger partial charge in [-0.05, 0) is 58.4 Å². The lowest BCUT2D eigenvalue weighted by molar-refractivity contribution is -0.139. The van der Waals surface area contributed by atoms with Crippen LogP contribution in [0.2, 0.25) is 5.02 Å². The van der Waals surface area contributed by atoms with Crippen LogP contribution < -0.4 is 5.32 Å². The molecule has 0 radical (unpaired) electrons. The molecule has 0 aliphatic heterocycles. The number of fused-ring (bicyclic) bond motifs is 1. The van der Waals surface area contributed by atoms with Crippen LogP contribution in [0.3, 0.4) is 0 Å². The quantitative estimate of drug-likeness (QED) is 0.428. The number of carboxylic acids is 1. The molecule has 2 aromatic rings. The first-order valence-electron chi connectivity index (χ1n) is 10.5. The second kappa shape index (κ2) is 11.3. The van der Waals surface area contributed by atoms with Crippen molar-refractivity contribution in [1.29, 1.82) is 0 Å². The number of carboxylic acid groups (broad SMARTS) is 1. The number of pyridine rings is 1. The summed E-state index contributed by atoms with van der Waals surface area (Å²) >= 11 is 6.09. The van der Waals surface area contributed by atoms with Crippen LogP contribution in [0, 0.1) is 0 Å². The molecule has 182 valence electrons. The predicted octanol–water partition coefficient (Wildman–Crippen LogP) is 5.17. The van der Waals surface area contributed by atoms with Crippen LogP contribution in [0.15, 0.2) is 24.3 Å². The first-order valence-corrected chi connectivity index (χ1v) is 12.6. The number of ether oxygens (including phenoxy) is 1. The van der Waals surface area contributed by atoms with Crippen molar-refractivity contribution in [2.45, 2.75) is 58.8 Å². The zero-order valence-corrected chi connectivity index (χ0v) is 21.0. The number of carbonyl (C=O) groups excluding carboxylic acids is 1. The summed E-state index contributed by atoms with van der Waals surface area (Å²) in [5.41, 5.74) is 0.558. The standard InChI is InChI=1S/C22H30ClN2O7P/c1-6-30-33(29,31-7-2)13-15-10-14-8-9-16(23)11-17(14)24-18(15)12-19(20(26)27)25-21(28)32-22(3,4)5/h8-11,19H,6-7,12-13H2,1-5H3,(H,25,28)(H,26,27)/t19-/m1/s1. The SMILES string of the molecule is CCOP(=O)(Cc1cc2ccc(Cl)cc2nc1C[C@@H](NC(=O)OC(C)(C)C)C(=O)O)OCC. The Labute approximate surface area is 198 Å². The van der Waals surface area contributed by atoms with Gasteiger partial charge >= 0.3 is 19.7 Å². The van der Waals surface area contributed by atoms with E-state index in [0.717, 1.165) is 5.39 Å². The summed E-state index contributed by atoms with van der Waals surface area (Å²) in [5.74, 6) is -1.27. The Kier molecular flexibility index (Phi) is 9.26. The normalized spacial score (nSPS) is 13.0. The molecule has 0 spiro atoms. The summed E-state index contributed by atoms with van der Waals surface area (Å²) in [4.78, 5) is 28.7. The van der Waals surface area contributed by atoms with E-state index in [1.165, 1.54) is 0 Å². The number of amides is 1. The molecule has 0 fully saturated rings. The van der Waals surface area contributed by atoms with E-state index in [1.807, 2.05) is 0 Å². The fraction of sp³-hybridized carbons (Fsp3) is 0.500. The van der Waals surface area contributed by atoms with E-state index >= 15 is 0 Å². The molecule has 0 unspecified atom stereocenters. The fourth-order valence-electron chi connectivity index (χ4n) is 3.11. The minimum Gasteiger partial charge on any atom is -0.480 e. The average Bonchev–Trinajstić information content (AvgIpc) is 2.66. The number of hydrogen-bond donors (Lipinski definition) is 2. The third kappa shape index (κ3) is 8.27. The molecule has 2 N–H and O–H groups in total. The van der Waals surface area contributed by atoms with Crippen molar-refractivity contribution in [3.63, 3.8) is 0 Å². The molecule has 1 aromatic carbocycles. The number of hydrogen-bond acceptors (Lipinski definition) is 7. The summed E-state index contributed by atoms with van der Waals surface area (Å²) in [6, 6.07) is 5.53. The minimum atomic E-state index is -3.50. The van der Waals surface area contributed by atoms with Gasteiger partial charge in [0.1, 0.15) is 11.6 Å². The largest absolute Gasteiger partial charge is 0.480 e. The Balaban J connectivity index is 2.47. The van der Waals surface area contributed by atoms with Crippen LogP contribution in [-0.2, 0) is 35.7 Å². The van der Waals surface area contributed by atoms with E-state index in [4.69, 9.17) is 25.4 Å². The molecule has 0 aliphatic rings. The average molecular weight is 501 g/mol. The number of alkyl carbamates (subject to hydrolysis) is 1. The molecule has 11 heteroatoms. The number of rotatable bonds is 10. The third-order valence-electron chi connectivity index (χ3n) is 4.35. The second-order valence-electron chi connectivity index (χ2n) is 8.28. The molecule has 0 bridgehead atoms. The molecule has 2 rings (SSSR count). The highest BCUT2D eigenvalue weighted by molar-refractivity contribution is 7.53. The smallest absolute Gasteiger partial charge is 0.408 e. The van der Waals surface area contributed by atoms with E-state index in [-0.39, 0.29) is 25.8 Å². The molecule has 0 aliphatic carbocycles. The van der Waals surface area contributed by atoms with Gasteiger partial charge in [-0.1, -0.05) is 17.7 Å². The van der Waals surface area contributed by atoms with Crippen molar-refractivity contribution >= 4 is 42.2 Å². The fourth-order valence-corrected chi connectivity index (χ4v) is 5.01. The van der Waals surface area contributed by atoms with Crippen molar-refractivity contribution in [3.8, 4) is 0 Å². The third-order valence-corrected chi connectivity index (χ3v) is 6.62. The second-order valence-corrected chi connectivity index (χ2v) is 10.8. The highest BCUT2D eigenvalue weighted by Crippen LogP contribution is 2.51. The van der Waals surface area contributed by atoms with Gasteiger partial charge in [0.05, 0.1) is 24.9 Å². The number of nitrogens with one attached hydrogen (secondary N) is 1. The maximum Gasteiger partial charge on any atom is 0.408 e. The molecule has 1 atom stereocenters. The number of benzene rings is 1. The van der Waals surface area contributed by atoms with E-state index in [9.17, 15) is 19.3 Å². The molecule has 1 amide bonds. The predicted molar refractivity (Wildman–Crippen MR) is 126 cm³/mol. The lowest BCUT2D eigenvalue weighted by atomic mass is 10.0. The highest BCUT2D eigenvalue weighted by atomic mass is 35.5. The number of aromatic nitrogens is 1. The Morgan fingerprint density at radius 3 is 2.36 bits per heavy atom. The van der Waals surface area contributed by atoms with Crippen LogP contribution >= 0.6 is 19.2 Å². The van der Waals surface area contributed by atoms with E-state index in [1.54, 1.807) is 58.9 Å². The molecule has 0 saturated carbocycles. The van der Waals surface area contributed by atoms with E-state index in [0.29, 0.717) is 21.8 Å². The monoisotopic (exact) mass is 500 g/mol. The number of aliphatic carboxylic acids is 1. The summed E-state index contributed by atoms with van der Waals surface area (Å²) in [5, 5.41) is 13.3. The van der Waals surface area contributed by atoms with Crippen molar-refractivity contribution in [1.82, 2.24) is 10.3 Å². The lowest BCUT2D eigenvalue weighted by Crippen LogP contribution is -2.45. The molecule has 9 nitrogen and oxygen atoms in total. The Hall–Kier alpha value is -2.19. The number of carbonyl (C=O) groups is 2. The number of nitrogens with zero attached hydrogens (tertiary/aromatic N) is 1. The number of halogens is 1. The maximum atomic E-state index is 13.2. The Morgan fingerprint density at radius 1 is 1.18 bits per heavy atom. The van der Waals surface area contributed by atoms with Crippen LogP contribution in [0.25, 0.3) is 10.9 Å². The zero-order valence-electron chi connectivity index (χ0n) is 19.4. The van der Waals surface area contributed by atoms with Crippen LogP contribution in [0.1, 0.15) is 45.9 Å². The topological polar surface area (TPSA) is 124 Å². The molecule has 1 heterocycles. The van der Waals surface area contributed by atoms with E-state index < -0.39 is 31.3 Å². The van der Waals surface area contributed by atoms with Crippen molar-refractivity contribution in [2.75, 3.05) is 13.2 Å². The molecule has 33 heavy (non-hydrogen) atoms. The molecular formula is C22H30ClN2O7P. The summed E-state index contributed by atoms with van der Waals surface area (Å²) < 4.78 is 29.2. The first-order chi connectivity index (χ1) is 15.4. The van der Waals surface area contributed by atoms with Gasteiger partial charge in [-0.25, -0.2) is 9.59 Å². The van der Waals surface area contributed by atoms with Crippen LogP contribution in [0.5, 0.6) is 0 Å². The van der Waals surface area contributed by atoms with Gasteiger partial charge in [-0.15, -0.1) is 0 Å². The summed E-state index contributed by atoms with van der Waals surface area (Å²) in [6.45, 7) is 8.80. The van der Waals surface area contributed by atoms with Crippen molar-refractivity contribution in [2.24, 2.45) is 0 Å². The van der Waals surface area contributed by atoms with Gasteiger partial charge in [-0.3, -0.25) is 9.55 Å². The Bertz CT molecular complexity index is 1040. The van der Waals surface area contributed by atoms with Crippen LogP contribution in [-0.4, -0.2) is 47.0 Å². The Morgan fingerprint density at radius 2 is 1.82 bits per heavy atom. The van der Waals surface area contributed by atoms with Crippen molar-refractivity contribution in [3.05, 3.63) is 40.5 Å². The van der Waals surface area contributed by atoms with Crippen LogP contribution in [0.4, 0.5) is 4.79 Å². The van der Waals surface area contributed by atoms with Gasteiger partial charge < -0.3 is 24.2 Å². The van der Waals surface area contributed by atoms with Gasteiger partial charge in [0.25, 0.3) is 0 Å². The maximum absolute atomic E-state index is 13.2. The van der Waals surface area contributed by atoms with Gasteiger partial charge in [0.15, 0.2) is 0 Å². The van der Waals surface area contributed by atoms with E-state index in [2.05, 4.69) is 10.3 Å². The van der Waals surface area contributed by atoms with Crippen molar-refractivity contribution < 1.29 is 33.0 Å². The van der Waals surface area contributed by atoms with Gasteiger partial charge in [-0.2, -0.15) is 0 Å². The lowest BCUT2D eigenvalue weighted by Gasteiger charge is -2.23. The highest BCUT2D eigenvalue weighted by Gasteiger charge is 2.29. The molecule has 0 saturated heterocycles. The molecular weight excluding hydrogens is 471 g/mol. The molecule has 1 aromatic heterocycles.